The van der Waals surface area contributed by atoms with Crippen LogP contribution in [-0.2, 0) is 23.4 Å². The third kappa shape index (κ3) is 4.94. The molecule has 34 heavy (non-hydrogen) atoms. The first-order chi connectivity index (χ1) is 16.1. The maximum Gasteiger partial charge on any atom is 0.254 e. The molecule has 0 atom stereocenters. The standard InChI is InChI=1S/C23H21FN6O3S/c1-30-13-16(11-28-30)20-12-26-22(25)21(29-20)15-6-7-18(19(24)9-15)23(31)27-10-14-4-3-5-17(8-14)34(2,32)33/h3-9,11-13H,10H2,1-2H3,(H2,25,26)(H,27,31). The summed E-state index contributed by atoms with van der Waals surface area (Å²) in [6.45, 7) is 0.0367. The van der Waals surface area contributed by atoms with Crippen LogP contribution >= 0.6 is 0 Å². The van der Waals surface area contributed by atoms with Crippen LogP contribution in [0.2, 0.25) is 0 Å². The summed E-state index contributed by atoms with van der Waals surface area (Å²) in [5, 5.41) is 6.70. The molecule has 0 aliphatic carbocycles. The number of rotatable bonds is 6. The fourth-order valence-corrected chi connectivity index (χ4v) is 4.00. The highest BCUT2D eigenvalue weighted by Gasteiger charge is 2.16. The van der Waals surface area contributed by atoms with E-state index in [1.165, 1.54) is 36.5 Å². The highest BCUT2D eigenvalue weighted by molar-refractivity contribution is 7.90. The predicted molar refractivity (Wildman–Crippen MR) is 125 cm³/mol. The number of hydrogen-bond acceptors (Lipinski definition) is 7. The van der Waals surface area contributed by atoms with Crippen molar-refractivity contribution in [2.75, 3.05) is 12.0 Å². The Bertz CT molecular complexity index is 1500. The lowest BCUT2D eigenvalue weighted by atomic mass is 10.1. The lowest BCUT2D eigenvalue weighted by molar-refractivity contribution is 0.0947. The van der Waals surface area contributed by atoms with E-state index in [1.54, 1.807) is 36.3 Å². The van der Waals surface area contributed by atoms with Crippen molar-refractivity contribution in [2.45, 2.75) is 11.4 Å². The Kier molecular flexibility index (Phi) is 6.12. The molecule has 1 amide bonds. The van der Waals surface area contributed by atoms with E-state index < -0.39 is 21.6 Å². The third-order valence-corrected chi connectivity index (χ3v) is 6.18. The van der Waals surface area contributed by atoms with Gasteiger partial charge in [0.15, 0.2) is 9.84 Å². The van der Waals surface area contributed by atoms with Gasteiger partial charge in [0, 0.05) is 37.2 Å². The Morgan fingerprint density at radius 2 is 1.94 bits per heavy atom. The smallest absolute Gasteiger partial charge is 0.254 e. The van der Waals surface area contributed by atoms with Crippen molar-refractivity contribution in [3.05, 3.63) is 78.0 Å². The first-order valence-electron chi connectivity index (χ1n) is 10.1. The van der Waals surface area contributed by atoms with E-state index in [9.17, 15) is 17.6 Å². The molecule has 4 aromatic rings. The number of aryl methyl sites for hydroxylation is 1. The van der Waals surface area contributed by atoms with Crippen LogP contribution < -0.4 is 11.1 Å². The molecule has 0 aliphatic rings. The van der Waals surface area contributed by atoms with Gasteiger partial charge in [-0.05, 0) is 29.8 Å². The summed E-state index contributed by atoms with van der Waals surface area (Å²) in [7, 11) is -1.60. The minimum absolute atomic E-state index is 0.0367. The van der Waals surface area contributed by atoms with Crippen LogP contribution in [0.15, 0.2) is 66.0 Å². The molecule has 2 aromatic carbocycles. The predicted octanol–water partition coefficient (Wildman–Crippen LogP) is 2.60. The lowest BCUT2D eigenvalue weighted by Crippen LogP contribution is -2.24. The minimum atomic E-state index is -3.38. The fourth-order valence-electron chi connectivity index (χ4n) is 3.31. The fraction of sp³-hybridized carbons (Fsp3) is 0.130. The van der Waals surface area contributed by atoms with Gasteiger partial charge in [-0.3, -0.25) is 9.48 Å². The number of nitrogens with two attached hydrogens (primary N) is 1. The molecule has 4 rings (SSSR count). The van der Waals surface area contributed by atoms with Gasteiger partial charge in [0.05, 0.1) is 28.5 Å². The molecule has 9 nitrogen and oxygen atoms in total. The summed E-state index contributed by atoms with van der Waals surface area (Å²) in [6.07, 6.45) is 6.01. The molecule has 0 spiro atoms. The summed E-state index contributed by atoms with van der Waals surface area (Å²) >= 11 is 0. The highest BCUT2D eigenvalue weighted by Crippen LogP contribution is 2.27. The second-order valence-corrected chi connectivity index (χ2v) is 9.70. The number of benzene rings is 2. The van der Waals surface area contributed by atoms with Crippen LogP contribution in [0.4, 0.5) is 10.2 Å². The summed E-state index contributed by atoms with van der Waals surface area (Å²) in [5.74, 6) is -1.28. The molecule has 11 heteroatoms. The number of aromatic nitrogens is 4. The first kappa shape index (κ1) is 23.1. The molecule has 2 heterocycles. The Labute approximate surface area is 195 Å². The van der Waals surface area contributed by atoms with Gasteiger partial charge in [-0.15, -0.1) is 0 Å². The monoisotopic (exact) mass is 480 g/mol. The Balaban J connectivity index is 1.54. The van der Waals surface area contributed by atoms with Crippen molar-refractivity contribution < 1.29 is 17.6 Å². The van der Waals surface area contributed by atoms with Crippen LogP contribution in [0.25, 0.3) is 22.5 Å². The second-order valence-electron chi connectivity index (χ2n) is 7.69. The van der Waals surface area contributed by atoms with E-state index in [-0.39, 0.29) is 28.5 Å². The normalized spacial score (nSPS) is 11.4. The molecule has 2 aromatic heterocycles. The largest absolute Gasteiger partial charge is 0.382 e. The van der Waals surface area contributed by atoms with E-state index in [4.69, 9.17) is 5.73 Å². The molecular formula is C23H21FN6O3S. The SMILES string of the molecule is Cn1cc(-c2cnc(N)c(-c3ccc(C(=O)NCc4cccc(S(C)(=O)=O)c4)c(F)c3)n2)cn1. The van der Waals surface area contributed by atoms with E-state index in [0.29, 0.717) is 16.8 Å². The quantitative estimate of drug-likeness (QED) is 0.433. The van der Waals surface area contributed by atoms with E-state index in [1.807, 2.05) is 0 Å². The van der Waals surface area contributed by atoms with Crippen molar-refractivity contribution >= 4 is 21.6 Å². The summed E-state index contributed by atoms with van der Waals surface area (Å²) in [5.41, 5.74) is 8.27. The van der Waals surface area contributed by atoms with Crippen LogP contribution in [0.5, 0.6) is 0 Å². The van der Waals surface area contributed by atoms with E-state index in [0.717, 1.165) is 11.8 Å². The molecule has 0 bridgehead atoms. The molecule has 3 N–H and O–H groups in total. The van der Waals surface area contributed by atoms with Crippen molar-refractivity contribution in [3.63, 3.8) is 0 Å². The molecule has 0 unspecified atom stereocenters. The number of carbonyl (C=O) groups is 1. The van der Waals surface area contributed by atoms with Gasteiger partial charge in [0.25, 0.3) is 5.91 Å². The number of amides is 1. The number of anilines is 1. The summed E-state index contributed by atoms with van der Waals surface area (Å²) < 4.78 is 39.9. The molecule has 174 valence electrons. The Hall–Kier alpha value is -4.12. The molecule has 0 radical (unpaired) electrons. The Morgan fingerprint density at radius 3 is 2.62 bits per heavy atom. The number of nitrogen functional groups attached to an aromatic ring is 1. The zero-order valence-corrected chi connectivity index (χ0v) is 19.2. The maximum atomic E-state index is 14.8. The number of sulfone groups is 1. The van der Waals surface area contributed by atoms with Crippen LogP contribution in [0.1, 0.15) is 15.9 Å². The summed E-state index contributed by atoms with van der Waals surface area (Å²) in [6, 6.07) is 10.2. The van der Waals surface area contributed by atoms with Crippen molar-refractivity contribution in [3.8, 4) is 22.5 Å². The molecular weight excluding hydrogens is 459 g/mol. The molecule has 0 aliphatic heterocycles. The minimum Gasteiger partial charge on any atom is -0.382 e. The topological polar surface area (TPSA) is 133 Å². The number of nitrogens with zero attached hydrogens (tertiary/aromatic N) is 4. The van der Waals surface area contributed by atoms with Gasteiger partial charge in [-0.2, -0.15) is 5.10 Å². The van der Waals surface area contributed by atoms with Gasteiger partial charge in [0.1, 0.15) is 17.3 Å². The number of hydrogen-bond donors (Lipinski definition) is 2. The van der Waals surface area contributed by atoms with Crippen molar-refractivity contribution in [2.24, 2.45) is 7.05 Å². The second kappa shape index (κ2) is 9.02. The van der Waals surface area contributed by atoms with Gasteiger partial charge < -0.3 is 11.1 Å². The third-order valence-electron chi connectivity index (χ3n) is 5.07. The molecule has 0 fully saturated rings. The zero-order chi connectivity index (χ0) is 24.5. The van der Waals surface area contributed by atoms with Gasteiger partial charge >= 0.3 is 0 Å². The molecule has 0 saturated carbocycles. The van der Waals surface area contributed by atoms with Crippen molar-refractivity contribution in [1.82, 2.24) is 25.1 Å². The van der Waals surface area contributed by atoms with Gasteiger partial charge in [-0.25, -0.2) is 22.8 Å². The first-order valence-corrected chi connectivity index (χ1v) is 12.0. The Morgan fingerprint density at radius 1 is 1.15 bits per heavy atom. The number of halogens is 1. The molecule has 0 saturated heterocycles. The average molecular weight is 481 g/mol. The zero-order valence-electron chi connectivity index (χ0n) is 18.4. The maximum absolute atomic E-state index is 14.8. The summed E-state index contributed by atoms with van der Waals surface area (Å²) in [4.78, 5) is 21.3. The van der Waals surface area contributed by atoms with Crippen LogP contribution in [0.3, 0.4) is 0 Å². The van der Waals surface area contributed by atoms with Gasteiger partial charge in [0.2, 0.25) is 0 Å². The van der Waals surface area contributed by atoms with E-state index in [2.05, 4.69) is 20.4 Å². The van der Waals surface area contributed by atoms with Crippen LogP contribution in [0, 0.1) is 5.82 Å². The highest BCUT2D eigenvalue weighted by atomic mass is 32.2. The number of carbonyl (C=O) groups excluding carboxylic acids is 1. The number of nitrogens with one attached hydrogen (secondary N) is 1. The van der Waals surface area contributed by atoms with Gasteiger partial charge in [-0.1, -0.05) is 18.2 Å². The lowest BCUT2D eigenvalue weighted by Gasteiger charge is -2.10. The average Bonchev–Trinajstić information content (AvgIpc) is 3.23. The van der Waals surface area contributed by atoms with Crippen molar-refractivity contribution in [1.29, 1.82) is 0 Å². The van der Waals surface area contributed by atoms with Crippen LogP contribution in [-0.4, -0.2) is 40.3 Å². The van der Waals surface area contributed by atoms with E-state index >= 15 is 0 Å².